The van der Waals surface area contributed by atoms with Gasteiger partial charge in [-0.05, 0) is 37.5 Å². The van der Waals surface area contributed by atoms with E-state index in [-0.39, 0.29) is 11.5 Å². The number of hydrogen-bond acceptors (Lipinski definition) is 3. The predicted molar refractivity (Wildman–Crippen MR) is 73.5 cm³/mol. The van der Waals surface area contributed by atoms with Crippen LogP contribution in [0.3, 0.4) is 0 Å². The molecule has 1 saturated heterocycles. The molecule has 2 rings (SSSR count). The summed E-state index contributed by atoms with van der Waals surface area (Å²) >= 11 is 0. The quantitative estimate of drug-likeness (QED) is 0.809. The Kier molecular flexibility index (Phi) is 4.02. The van der Waals surface area contributed by atoms with E-state index in [0.717, 1.165) is 25.9 Å². The molecule has 1 aliphatic rings. The molecule has 2 N–H and O–H groups in total. The van der Waals surface area contributed by atoms with Crippen molar-refractivity contribution in [2.75, 3.05) is 13.1 Å². The Hall–Kier alpha value is -2.37. The molecule has 0 spiro atoms. The second-order valence-electron chi connectivity index (χ2n) is 4.78. The number of carbonyl (C=O) groups is 2. The van der Waals surface area contributed by atoms with Crippen LogP contribution in [0.25, 0.3) is 5.57 Å². The summed E-state index contributed by atoms with van der Waals surface area (Å²) in [6.07, 6.45) is 3.50. The molecule has 20 heavy (non-hydrogen) atoms. The van der Waals surface area contributed by atoms with Gasteiger partial charge < -0.3 is 15.0 Å². The lowest BCUT2D eigenvalue weighted by Gasteiger charge is -2.13. The summed E-state index contributed by atoms with van der Waals surface area (Å²) in [4.78, 5) is 38.5. The van der Waals surface area contributed by atoms with Crippen molar-refractivity contribution in [3.05, 3.63) is 39.8 Å². The summed E-state index contributed by atoms with van der Waals surface area (Å²) < 4.78 is 0. The Balaban J connectivity index is 2.22. The highest BCUT2D eigenvalue weighted by Crippen LogP contribution is 2.13. The number of allylic oxidation sites excluding steroid dienone is 1. The van der Waals surface area contributed by atoms with Crippen LogP contribution in [0.4, 0.5) is 0 Å². The van der Waals surface area contributed by atoms with Crippen LogP contribution in [-0.2, 0) is 4.79 Å². The number of pyridine rings is 1. The average Bonchev–Trinajstić information content (AvgIpc) is 2.91. The molecule has 6 nitrogen and oxygen atoms in total. The first-order valence-corrected chi connectivity index (χ1v) is 6.43. The number of rotatable bonds is 3. The maximum absolute atomic E-state index is 12.0. The van der Waals surface area contributed by atoms with Gasteiger partial charge in [-0.15, -0.1) is 0 Å². The number of likely N-dealkylation sites (tertiary alicyclic amines) is 1. The van der Waals surface area contributed by atoms with Crippen LogP contribution >= 0.6 is 0 Å². The van der Waals surface area contributed by atoms with E-state index in [9.17, 15) is 14.4 Å². The van der Waals surface area contributed by atoms with Crippen LogP contribution in [0.5, 0.6) is 0 Å². The maximum Gasteiger partial charge on any atom is 0.341 e. The summed E-state index contributed by atoms with van der Waals surface area (Å²) in [5.74, 6) is -1.35. The van der Waals surface area contributed by atoms with Crippen molar-refractivity contribution in [3.8, 4) is 0 Å². The van der Waals surface area contributed by atoms with E-state index in [1.165, 1.54) is 18.2 Å². The number of nitrogens with one attached hydrogen (secondary N) is 1. The van der Waals surface area contributed by atoms with E-state index < -0.39 is 11.5 Å². The first-order chi connectivity index (χ1) is 9.49. The fourth-order valence-corrected chi connectivity index (χ4v) is 2.16. The SMILES string of the molecule is C/C(=C\C(=O)N1CCCC1)c1ccc(C(=O)O)c(=O)[nH]1. The van der Waals surface area contributed by atoms with Gasteiger partial charge in [-0.2, -0.15) is 0 Å². The van der Waals surface area contributed by atoms with Crippen molar-refractivity contribution >= 4 is 17.4 Å². The molecule has 1 aliphatic heterocycles. The number of hydrogen-bond donors (Lipinski definition) is 2. The summed E-state index contributed by atoms with van der Waals surface area (Å²) in [7, 11) is 0. The minimum absolute atomic E-state index is 0.0804. The third kappa shape index (κ3) is 2.96. The highest BCUT2D eigenvalue weighted by Gasteiger charge is 2.16. The Morgan fingerprint density at radius 3 is 2.50 bits per heavy atom. The van der Waals surface area contributed by atoms with Crippen LogP contribution < -0.4 is 5.56 Å². The van der Waals surface area contributed by atoms with Gasteiger partial charge in [-0.3, -0.25) is 9.59 Å². The van der Waals surface area contributed by atoms with E-state index >= 15 is 0 Å². The maximum atomic E-state index is 12.0. The van der Waals surface area contributed by atoms with Crippen LogP contribution in [0, 0.1) is 0 Å². The van der Waals surface area contributed by atoms with Crippen LogP contribution in [0.15, 0.2) is 23.0 Å². The lowest BCUT2D eigenvalue weighted by Crippen LogP contribution is -2.26. The van der Waals surface area contributed by atoms with E-state index in [0.29, 0.717) is 11.3 Å². The third-order valence-electron chi connectivity index (χ3n) is 3.32. The van der Waals surface area contributed by atoms with Crippen LogP contribution in [-0.4, -0.2) is 40.0 Å². The van der Waals surface area contributed by atoms with Crippen molar-refractivity contribution in [2.45, 2.75) is 19.8 Å². The number of H-pyrrole nitrogens is 1. The molecule has 0 unspecified atom stereocenters. The minimum Gasteiger partial charge on any atom is -0.477 e. The molecule has 0 bridgehead atoms. The van der Waals surface area contributed by atoms with Gasteiger partial charge in [0.25, 0.3) is 5.56 Å². The normalized spacial score (nSPS) is 15.4. The Bertz CT molecular complexity index is 624. The van der Waals surface area contributed by atoms with Gasteiger partial charge in [0, 0.05) is 24.9 Å². The number of carbonyl (C=O) groups excluding carboxylic acids is 1. The van der Waals surface area contributed by atoms with Gasteiger partial charge in [0.05, 0.1) is 0 Å². The zero-order valence-electron chi connectivity index (χ0n) is 11.2. The number of carboxylic acids is 1. The summed E-state index contributed by atoms with van der Waals surface area (Å²) in [6.45, 7) is 3.23. The van der Waals surface area contributed by atoms with Gasteiger partial charge in [0.2, 0.25) is 5.91 Å². The standard InChI is InChI=1S/C14H16N2O4/c1-9(8-12(17)16-6-2-3-7-16)11-5-4-10(14(19)20)13(18)15-11/h4-5,8H,2-3,6-7H2,1H3,(H,15,18)(H,19,20)/b9-8+. The van der Waals surface area contributed by atoms with Gasteiger partial charge >= 0.3 is 5.97 Å². The average molecular weight is 276 g/mol. The highest BCUT2D eigenvalue weighted by atomic mass is 16.4. The molecule has 0 atom stereocenters. The molecule has 1 aromatic rings. The molecular formula is C14H16N2O4. The van der Waals surface area contributed by atoms with Crippen molar-refractivity contribution in [1.29, 1.82) is 0 Å². The minimum atomic E-state index is -1.27. The summed E-state index contributed by atoms with van der Waals surface area (Å²) in [5.41, 5.74) is 0.0762. The van der Waals surface area contributed by atoms with Crippen molar-refractivity contribution in [3.63, 3.8) is 0 Å². The number of aromatic nitrogens is 1. The zero-order valence-corrected chi connectivity index (χ0v) is 11.2. The molecule has 106 valence electrons. The number of nitrogens with zero attached hydrogens (tertiary/aromatic N) is 1. The Labute approximate surface area is 115 Å². The van der Waals surface area contributed by atoms with Crippen LogP contribution in [0.1, 0.15) is 35.8 Å². The molecule has 1 aromatic heterocycles. The molecule has 1 amide bonds. The number of amides is 1. The van der Waals surface area contributed by atoms with Crippen molar-refractivity contribution in [1.82, 2.24) is 9.88 Å². The highest BCUT2D eigenvalue weighted by molar-refractivity contribution is 5.94. The molecule has 1 fully saturated rings. The third-order valence-corrected chi connectivity index (χ3v) is 3.32. The molecule has 0 aliphatic carbocycles. The van der Waals surface area contributed by atoms with E-state index in [1.54, 1.807) is 11.8 Å². The lowest BCUT2D eigenvalue weighted by molar-refractivity contribution is -0.124. The summed E-state index contributed by atoms with van der Waals surface area (Å²) in [6, 6.07) is 2.74. The Morgan fingerprint density at radius 1 is 1.30 bits per heavy atom. The molecule has 0 aromatic carbocycles. The molecule has 2 heterocycles. The van der Waals surface area contributed by atoms with Crippen molar-refractivity contribution in [2.24, 2.45) is 0 Å². The summed E-state index contributed by atoms with van der Waals surface area (Å²) in [5, 5.41) is 8.79. The first-order valence-electron chi connectivity index (χ1n) is 6.43. The predicted octanol–water partition coefficient (Wildman–Crippen LogP) is 1.10. The number of carboxylic acid groups (broad SMARTS) is 1. The molecular weight excluding hydrogens is 260 g/mol. The second-order valence-corrected chi connectivity index (χ2v) is 4.78. The smallest absolute Gasteiger partial charge is 0.341 e. The largest absolute Gasteiger partial charge is 0.477 e. The monoisotopic (exact) mass is 276 g/mol. The van der Waals surface area contributed by atoms with Gasteiger partial charge in [0.1, 0.15) is 5.56 Å². The molecule has 0 saturated carbocycles. The van der Waals surface area contributed by atoms with E-state index in [2.05, 4.69) is 4.98 Å². The second kappa shape index (κ2) is 5.73. The van der Waals surface area contributed by atoms with E-state index in [4.69, 9.17) is 5.11 Å². The van der Waals surface area contributed by atoms with Crippen LogP contribution in [0.2, 0.25) is 0 Å². The Morgan fingerprint density at radius 2 is 1.95 bits per heavy atom. The number of aromatic amines is 1. The lowest BCUT2D eigenvalue weighted by atomic mass is 10.1. The topological polar surface area (TPSA) is 90.5 Å². The van der Waals surface area contributed by atoms with Gasteiger partial charge in [-0.25, -0.2) is 4.79 Å². The van der Waals surface area contributed by atoms with Gasteiger partial charge in [-0.1, -0.05) is 0 Å². The van der Waals surface area contributed by atoms with Gasteiger partial charge in [0.15, 0.2) is 0 Å². The number of aromatic carboxylic acids is 1. The zero-order chi connectivity index (χ0) is 14.7. The molecule has 0 radical (unpaired) electrons. The fourth-order valence-electron chi connectivity index (χ4n) is 2.16. The fraction of sp³-hybridized carbons (Fsp3) is 0.357. The van der Waals surface area contributed by atoms with Crippen molar-refractivity contribution < 1.29 is 14.7 Å². The van der Waals surface area contributed by atoms with E-state index in [1.807, 2.05) is 0 Å². The molecule has 6 heteroatoms. The first kappa shape index (κ1) is 14.0.